The van der Waals surface area contributed by atoms with Gasteiger partial charge in [-0.25, -0.2) is 0 Å². The first-order valence-corrected chi connectivity index (χ1v) is 6.87. The van der Waals surface area contributed by atoms with Gasteiger partial charge in [0.1, 0.15) is 5.75 Å². The summed E-state index contributed by atoms with van der Waals surface area (Å²) in [5, 5.41) is 7.95. The molecule has 0 aliphatic carbocycles. The van der Waals surface area contributed by atoms with Gasteiger partial charge >= 0.3 is 0 Å². The predicted octanol–water partition coefficient (Wildman–Crippen LogP) is 2.75. The van der Waals surface area contributed by atoms with Crippen LogP contribution in [-0.2, 0) is 0 Å². The molecule has 1 aromatic carbocycles. The number of benzene rings is 1. The highest BCUT2D eigenvalue weighted by Crippen LogP contribution is 2.22. The molecule has 2 rings (SSSR count). The first kappa shape index (κ1) is 13.6. The third-order valence-electron chi connectivity index (χ3n) is 2.32. The summed E-state index contributed by atoms with van der Waals surface area (Å²) in [5.41, 5.74) is 0.577. The van der Waals surface area contributed by atoms with E-state index in [1.54, 1.807) is 19.1 Å². The summed E-state index contributed by atoms with van der Waals surface area (Å²) in [5.74, 6) is 1.32. The van der Waals surface area contributed by atoms with E-state index >= 15 is 0 Å². The number of carbonyl (C=O) groups excluding carboxylic acids is 1. The topological polar surface area (TPSA) is 65.2 Å². The second kappa shape index (κ2) is 6.38. The van der Waals surface area contributed by atoms with Gasteiger partial charge in [-0.1, -0.05) is 23.9 Å². The van der Waals surface area contributed by atoms with Gasteiger partial charge < -0.3 is 9.15 Å². The van der Waals surface area contributed by atoms with Crippen LogP contribution in [0.25, 0.3) is 0 Å². The molecule has 0 unspecified atom stereocenters. The Morgan fingerprint density at radius 1 is 1.37 bits per heavy atom. The molecule has 0 spiro atoms. The summed E-state index contributed by atoms with van der Waals surface area (Å²) < 4.78 is 10.6. The molecule has 0 amide bonds. The Labute approximate surface area is 115 Å². The fourth-order valence-corrected chi connectivity index (χ4v) is 2.21. The van der Waals surface area contributed by atoms with Crippen molar-refractivity contribution >= 4 is 17.5 Å². The van der Waals surface area contributed by atoms with Gasteiger partial charge in [0, 0.05) is 6.92 Å². The molecule has 1 heterocycles. The quantitative estimate of drug-likeness (QED) is 0.598. The van der Waals surface area contributed by atoms with Gasteiger partial charge in [-0.2, -0.15) is 0 Å². The summed E-state index contributed by atoms with van der Waals surface area (Å²) >= 11 is 1.23. The zero-order chi connectivity index (χ0) is 13.7. The number of aromatic nitrogens is 2. The minimum Gasteiger partial charge on any atom is -0.493 e. The smallest absolute Gasteiger partial charge is 0.277 e. The van der Waals surface area contributed by atoms with Crippen LogP contribution in [0.15, 0.2) is 33.9 Å². The Bertz CT molecular complexity index is 569. The highest BCUT2D eigenvalue weighted by molar-refractivity contribution is 7.99. The molecular weight excluding hydrogens is 264 g/mol. The molecule has 0 N–H and O–H groups in total. The van der Waals surface area contributed by atoms with Crippen molar-refractivity contribution in [1.29, 1.82) is 0 Å². The van der Waals surface area contributed by atoms with Crippen LogP contribution in [0, 0.1) is 6.92 Å². The number of nitrogens with zero attached hydrogens (tertiary/aromatic N) is 2. The summed E-state index contributed by atoms with van der Waals surface area (Å²) in [6.45, 7) is 4.13. The van der Waals surface area contributed by atoms with Crippen molar-refractivity contribution in [2.45, 2.75) is 19.1 Å². The molecule has 1 aromatic heterocycles. The zero-order valence-electron chi connectivity index (χ0n) is 10.8. The van der Waals surface area contributed by atoms with E-state index in [0.29, 0.717) is 29.0 Å². The largest absolute Gasteiger partial charge is 0.493 e. The van der Waals surface area contributed by atoms with Crippen molar-refractivity contribution < 1.29 is 13.9 Å². The third-order valence-corrected chi connectivity index (χ3v) is 3.14. The van der Waals surface area contributed by atoms with Gasteiger partial charge in [-0.05, 0) is 19.1 Å². The predicted molar refractivity (Wildman–Crippen MR) is 71.7 cm³/mol. The Hall–Kier alpha value is -1.82. The fourth-order valence-electron chi connectivity index (χ4n) is 1.52. The molecule has 0 aliphatic heterocycles. The van der Waals surface area contributed by atoms with E-state index in [-0.39, 0.29) is 11.5 Å². The van der Waals surface area contributed by atoms with Gasteiger partial charge in [-0.3, -0.25) is 4.79 Å². The van der Waals surface area contributed by atoms with Crippen LogP contribution < -0.4 is 4.74 Å². The first-order chi connectivity index (χ1) is 9.20. The lowest BCUT2D eigenvalue weighted by atomic mass is 10.1. The summed E-state index contributed by atoms with van der Waals surface area (Å²) in [6.07, 6.45) is 0. The van der Waals surface area contributed by atoms with Crippen molar-refractivity contribution in [2.24, 2.45) is 0 Å². The average Bonchev–Trinajstić information content (AvgIpc) is 2.83. The van der Waals surface area contributed by atoms with E-state index in [1.807, 2.05) is 19.1 Å². The minimum atomic E-state index is -0.0232. The molecule has 100 valence electrons. The molecule has 5 nitrogen and oxygen atoms in total. The number of ketones is 1. The van der Waals surface area contributed by atoms with Crippen molar-refractivity contribution in [3.05, 3.63) is 35.7 Å². The van der Waals surface area contributed by atoms with Crippen LogP contribution >= 0.6 is 11.8 Å². The monoisotopic (exact) mass is 278 g/mol. The van der Waals surface area contributed by atoms with Gasteiger partial charge in [-0.15, -0.1) is 10.2 Å². The molecule has 0 saturated carbocycles. The van der Waals surface area contributed by atoms with Crippen molar-refractivity contribution in [3.8, 4) is 5.75 Å². The van der Waals surface area contributed by atoms with Crippen LogP contribution in [0.4, 0.5) is 0 Å². The summed E-state index contributed by atoms with van der Waals surface area (Å²) in [7, 11) is 0. The number of carbonyl (C=O) groups is 1. The number of rotatable bonds is 6. The molecule has 6 heteroatoms. The van der Waals surface area contributed by atoms with Crippen LogP contribution in [0.5, 0.6) is 5.75 Å². The minimum absolute atomic E-state index is 0.0232. The molecule has 0 saturated heterocycles. The molecule has 0 aliphatic rings. The van der Waals surface area contributed by atoms with Crippen LogP contribution in [0.1, 0.15) is 23.2 Å². The van der Waals surface area contributed by atoms with Crippen molar-refractivity contribution in [1.82, 2.24) is 10.2 Å². The highest BCUT2D eigenvalue weighted by atomic mass is 32.2. The van der Waals surface area contributed by atoms with Gasteiger partial charge in [0.25, 0.3) is 5.22 Å². The van der Waals surface area contributed by atoms with E-state index in [1.165, 1.54) is 11.8 Å². The number of hydrogen-bond donors (Lipinski definition) is 0. The Balaban J connectivity index is 2.03. The Morgan fingerprint density at radius 3 is 2.84 bits per heavy atom. The third kappa shape index (κ3) is 3.57. The van der Waals surface area contributed by atoms with Gasteiger partial charge in [0.05, 0.1) is 17.9 Å². The lowest BCUT2D eigenvalue weighted by Crippen LogP contribution is -2.06. The molecule has 0 radical (unpaired) electrons. The standard InChI is InChI=1S/C13H14N2O3S/c1-3-17-12-7-5-4-6-10(12)11(16)8-19-13-15-14-9(2)18-13/h4-7H,3,8H2,1-2H3. The van der Waals surface area contributed by atoms with E-state index < -0.39 is 0 Å². The summed E-state index contributed by atoms with van der Waals surface area (Å²) in [6, 6.07) is 7.21. The lowest BCUT2D eigenvalue weighted by molar-refractivity contribution is 0.101. The zero-order valence-corrected chi connectivity index (χ0v) is 11.6. The van der Waals surface area contributed by atoms with Crippen molar-refractivity contribution in [3.63, 3.8) is 0 Å². The molecular formula is C13H14N2O3S. The second-order valence-corrected chi connectivity index (χ2v) is 4.65. The van der Waals surface area contributed by atoms with Crippen molar-refractivity contribution in [2.75, 3.05) is 12.4 Å². The fraction of sp³-hybridized carbons (Fsp3) is 0.308. The number of para-hydroxylation sites is 1. The van der Waals surface area contributed by atoms with E-state index in [0.717, 1.165) is 0 Å². The molecule has 0 fully saturated rings. The van der Waals surface area contributed by atoms with Crippen LogP contribution in [0.2, 0.25) is 0 Å². The van der Waals surface area contributed by atoms with Gasteiger partial charge in [0.2, 0.25) is 5.89 Å². The normalized spacial score (nSPS) is 10.4. The SMILES string of the molecule is CCOc1ccccc1C(=O)CSc1nnc(C)o1. The van der Waals surface area contributed by atoms with Crippen LogP contribution in [-0.4, -0.2) is 28.3 Å². The number of Topliss-reactive ketones (excluding diaryl/α,β-unsaturated/α-hetero) is 1. The average molecular weight is 278 g/mol. The first-order valence-electron chi connectivity index (χ1n) is 5.88. The van der Waals surface area contributed by atoms with Gasteiger partial charge in [0.15, 0.2) is 5.78 Å². The van der Waals surface area contributed by atoms with E-state index in [2.05, 4.69) is 10.2 Å². The Kier molecular flexibility index (Phi) is 4.57. The second-order valence-electron chi connectivity index (χ2n) is 3.73. The Morgan fingerprint density at radius 2 is 2.16 bits per heavy atom. The maximum absolute atomic E-state index is 12.1. The maximum atomic E-state index is 12.1. The van der Waals surface area contributed by atoms with E-state index in [4.69, 9.17) is 9.15 Å². The maximum Gasteiger partial charge on any atom is 0.277 e. The summed E-state index contributed by atoms with van der Waals surface area (Å²) in [4.78, 5) is 12.1. The number of hydrogen-bond acceptors (Lipinski definition) is 6. The van der Waals surface area contributed by atoms with Crippen LogP contribution in [0.3, 0.4) is 0 Å². The molecule has 2 aromatic rings. The molecule has 0 atom stereocenters. The number of aryl methyl sites for hydroxylation is 1. The van der Waals surface area contributed by atoms with E-state index in [9.17, 15) is 4.79 Å². The molecule has 19 heavy (non-hydrogen) atoms. The number of thioether (sulfide) groups is 1. The lowest BCUT2D eigenvalue weighted by Gasteiger charge is -2.08. The number of ether oxygens (including phenoxy) is 1. The molecule has 0 bridgehead atoms. The highest BCUT2D eigenvalue weighted by Gasteiger charge is 2.14.